The van der Waals surface area contributed by atoms with Gasteiger partial charge in [-0.1, -0.05) is 90.5 Å². The van der Waals surface area contributed by atoms with E-state index in [0.29, 0.717) is 31.6 Å². The zero-order valence-electron chi connectivity index (χ0n) is 24.0. The number of carbonyl (C=O) groups excluding carboxylic acids is 1. The Labute approximate surface area is 261 Å². The normalized spacial score (nSPS) is 11.7. The van der Waals surface area contributed by atoms with E-state index in [1.807, 2.05) is 36.4 Å². The van der Waals surface area contributed by atoms with Crippen molar-refractivity contribution in [2.75, 3.05) is 26.7 Å². The highest BCUT2D eigenvalue weighted by Crippen LogP contribution is 2.36. The first-order valence-electron chi connectivity index (χ1n) is 13.9. The van der Waals surface area contributed by atoms with Gasteiger partial charge in [0.15, 0.2) is 0 Å². The Morgan fingerprint density at radius 1 is 1.00 bits per heavy atom. The Morgan fingerprint density at radius 3 is 2.19 bits per heavy atom. The van der Waals surface area contributed by atoms with E-state index >= 15 is 0 Å². The van der Waals surface area contributed by atoms with Gasteiger partial charge in [-0.25, -0.2) is 13.2 Å². The van der Waals surface area contributed by atoms with Gasteiger partial charge in [0.1, 0.15) is 11.6 Å². The van der Waals surface area contributed by atoms with Gasteiger partial charge in [0.2, 0.25) is 0 Å². The number of hydrogen-bond acceptors (Lipinski definition) is 4. The number of halogens is 4. The van der Waals surface area contributed by atoms with E-state index in [0.717, 1.165) is 18.1 Å². The van der Waals surface area contributed by atoms with Gasteiger partial charge in [0.05, 0.1) is 17.2 Å². The summed E-state index contributed by atoms with van der Waals surface area (Å²) in [5.41, 5.74) is 2.51. The SMILES string of the molecule is CNC(=O)c1c(F)cc(OCCCN(Cc2cccc(C(C)(F)F)c2Cl)CC(c2ccccc2)c2ccccc2)cc1S. The number of thiol groups is 1. The lowest BCUT2D eigenvalue weighted by atomic mass is 9.90. The van der Waals surface area contributed by atoms with Crippen molar-refractivity contribution in [2.24, 2.45) is 0 Å². The number of benzene rings is 4. The minimum atomic E-state index is -3.07. The highest BCUT2D eigenvalue weighted by Gasteiger charge is 2.29. The summed E-state index contributed by atoms with van der Waals surface area (Å²) in [6, 6.07) is 27.6. The second kappa shape index (κ2) is 14.8. The first-order valence-corrected chi connectivity index (χ1v) is 14.8. The highest BCUT2D eigenvalue weighted by molar-refractivity contribution is 7.80. The largest absolute Gasteiger partial charge is 0.493 e. The molecule has 4 aromatic rings. The van der Waals surface area contributed by atoms with Gasteiger partial charge < -0.3 is 10.1 Å². The zero-order valence-corrected chi connectivity index (χ0v) is 25.6. The number of rotatable bonds is 13. The quantitative estimate of drug-likeness (QED) is 0.116. The van der Waals surface area contributed by atoms with E-state index in [1.54, 1.807) is 12.1 Å². The Bertz CT molecular complexity index is 1460. The summed E-state index contributed by atoms with van der Waals surface area (Å²) < 4.78 is 49.0. The van der Waals surface area contributed by atoms with Crippen LogP contribution in [0, 0.1) is 5.82 Å². The molecule has 0 saturated heterocycles. The molecule has 0 radical (unpaired) electrons. The van der Waals surface area contributed by atoms with Gasteiger partial charge in [0.25, 0.3) is 11.8 Å². The maximum Gasteiger partial charge on any atom is 0.271 e. The average molecular weight is 627 g/mol. The number of amides is 1. The molecule has 0 aromatic heterocycles. The maximum atomic E-state index is 14.6. The molecule has 0 spiro atoms. The van der Waals surface area contributed by atoms with Crippen LogP contribution in [0.25, 0.3) is 0 Å². The zero-order chi connectivity index (χ0) is 31.0. The van der Waals surface area contributed by atoms with Crippen molar-refractivity contribution < 1.29 is 22.7 Å². The van der Waals surface area contributed by atoms with E-state index in [1.165, 1.54) is 25.2 Å². The van der Waals surface area contributed by atoms with Crippen molar-refractivity contribution in [2.45, 2.75) is 36.6 Å². The third kappa shape index (κ3) is 8.56. The van der Waals surface area contributed by atoms with Gasteiger partial charge in [-0.15, -0.1) is 12.6 Å². The second-order valence-corrected chi connectivity index (χ2v) is 11.2. The molecule has 0 atom stereocenters. The summed E-state index contributed by atoms with van der Waals surface area (Å²) in [4.78, 5) is 14.3. The predicted molar refractivity (Wildman–Crippen MR) is 168 cm³/mol. The van der Waals surface area contributed by atoms with Crippen LogP contribution in [0.15, 0.2) is 95.9 Å². The summed E-state index contributed by atoms with van der Waals surface area (Å²) >= 11 is 10.8. The molecule has 1 N–H and O–H groups in total. The third-order valence-electron chi connectivity index (χ3n) is 7.17. The summed E-state index contributed by atoms with van der Waals surface area (Å²) in [6.07, 6.45) is 0.554. The number of carbonyl (C=O) groups is 1. The summed E-state index contributed by atoms with van der Waals surface area (Å²) in [5.74, 6) is -4.10. The van der Waals surface area contributed by atoms with Gasteiger partial charge in [-0.05, 0) is 29.2 Å². The molecular formula is C34H34ClF3N2O2S. The van der Waals surface area contributed by atoms with Crippen molar-refractivity contribution in [3.8, 4) is 5.75 Å². The van der Waals surface area contributed by atoms with Crippen LogP contribution in [-0.4, -0.2) is 37.6 Å². The minimum Gasteiger partial charge on any atom is -0.493 e. The first-order chi connectivity index (χ1) is 20.6. The van der Waals surface area contributed by atoms with Crippen molar-refractivity contribution in [3.63, 3.8) is 0 Å². The fraction of sp³-hybridized carbons (Fsp3) is 0.265. The molecule has 4 aromatic carbocycles. The van der Waals surface area contributed by atoms with Crippen LogP contribution >= 0.6 is 24.2 Å². The molecule has 0 fully saturated rings. The second-order valence-electron chi connectivity index (χ2n) is 10.4. The van der Waals surface area contributed by atoms with Crippen molar-refractivity contribution in [1.82, 2.24) is 10.2 Å². The summed E-state index contributed by atoms with van der Waals surface area (Å²) in [6.45, 7) is 2.58. The lowest BCUT2D eigenvalue weighted by Crippen LogP contribution is -2.31. The van der Waals surface area contributed by atoms with E-state index in [4.69, 9.17) is 16.3 Å². The number of alkyl halides is 2. The average Bonchev–Trinajstić information content (AvgIpc) is 2.98. The molecule has 0 aliphatic heterocycles. The predicted octanol–water partition coefficient (Wildman–Crippen LogP) is 8.34. The van der Waals surface area contributed by atoms with Gasteiger partial charge in [0, 0.05) is 56.0 Å². The van der Waals surface area contributed by atoms with Crippen molar-refractivity contribution in [1.29, 1.82) is 0 Å². The lowest BCUT2D eigenvalue weighted by molar-refractivity contribution is 0.0174. The Hall–Kier alpha value is -3.46. The number of nitrogens with one attached hydrogen (secondary N) is 1. The van der Waals surface area contributed by atoms with E-state index in [2.05, 4.69) is 47.1 Å². The summed E-state index contributed by atoms with van der Waals surface area (Å²) in [7, 11) is 1.42. The molecule has 0 heterocycles. The number of nitrogens with zero attached hydrogens (tertiary/aromatic N) is 1. The molecule has 0 aliphatic rings. The minimum absolute atomic E-state index is 0.0102. The highest BCUT2D eigenvalue weighted by atomic mass is 35.5. The van der Waals surface area contributed by atoms with E-state index in [-0.39, 0.29) is 39.3 Å². The molecule has 1 amide bonds. The van der Waals surface area contributed by atoms with E-state index < -0.39 is 17.6 Å². The molecule has 0 unspecified atom stereocenters. The third-order valence-corrected chi connectivity index (χ3v) is 7.97. The Kier molecular flexibility index (Phi) is 11.2. The van der Waals surface area contributed by atoms with Crippen molar-refractivity contribution in [3.05, 3.63) is 130 Å². The topological polar surface area (TPSA) is 41.6 Å². The monoisotopic (exact) mass is 626 g/mol. The molecule has 43 heavy (non-hydrogen) atoms. The standard InChI is InChI=1S/C34H34ClF3N2O2S/c1-34(37,38)28-16-9-15-25(32(28)35)21-40(22-27(23-11-5-3-6-12-23)24-13-7-4-8-14-24)17-10-18-42-26-19-29(36)31(30(43)20-26)33(41)39-2/h3-9,11-16,19-20,27,43H,10,17-18,21-22H2,1-2H3,(H,39,41). The molecule has 0 saturated carbocycles. The molecular weight excluding hydrogens is 593 g/mol. The lowest BCUT2D eigenvalue weighted by Gasteiger charge is -2.29. The smallest absolute Gasteiger partial charge is 0.271 e. The first kappa shape index (κ1) is 32.5. The Balaban J connectivity index is 1.56. The van der Waals surface area contributed by atoms with Crippen LogP contribution in [0.3, 0.4) is 0 Å². The molecule has 0 bridgehead atoms. The molecule has 4 rings (SSSR count). The number of hydrogen-bond donors (Lipinski definition) is 2. The fourth-order valence-corrected chi connectivity index (χ4v) is 5.72. The van der Waals surface area contributed by atoms with Crippen LogP contribution in [0.4, 0.5) is 13.2 Å². The van der Waals surface area contributed by atoms with E-state index in [9.17, 15) is 18.0 Å². The van der Waals surface area contributed by atoms with Crippen LogP contribution in [0.5, 0.6) is 5.75 Å². The molecule has 9 heteroatoms. The Morgan fingerprint density at radius 2 is 1.63 bits per heavy atom. The molecule has 4 nitrogen and oxygen atoms in total. The van der Waals surface area contributed by atoms with Gasteiger partial charge in [-0.2, -0.15) is 0 Å². The van der Waals surface area contributed by atoms with Crippen LogP contribution in [-0.2, 0) is 12.5 Å². The molecule has 0 aliphatic carbocycles. The number of ether oxygens (including phenoxy) is 1. The summed E-state index contributed by atoms with van der Waals surface area (Å²) in [5, 5.41) is 2.45. The van der Waals surface area contributed by atoms with Crippen LogP contribution < -0.4 is 10.1 Å². The van der Waals surface area contributed by atoms with Gasteiger partial charge in [-0.3, -0.25) is 9.69 Å². The van der Waals surface area contributed by atoms with Crippen molar-refractivity contribution >= 4 is 30.1 Å². The van der Waals surface area contributed by atoms with Gasteiger partial charge >= 0.3 is 0 Å². The fourth-order valence-electron chi connectivity index (χ4n) is 5.03. The maximum absolute atomic E-state index is 14.6. The molecule has 226 valence electrons. The van der Waals surface area contributed by atoms with Crippen LogP contribution in [0.1, 0.15) is 51.9 Å². The van der Waals surface area contributed by atoms with Crippen LogP contribution in [0.2, 0.25) is 5.02 Å².